The van der Waals surface area contributed by atoms with Crippen molar-refractivity contribution in [2.24, 2.45) is 11.7 Å². The summed E-state index contributed by atoms with van der Waals surface area (Å²) < 4.78 is 1.46. The minimum atomic E-state index is -0.250. The zero-order valence-electron chi connectivity index (χ0n) is 13.7. The first-order valence-electron chi connectivity index (χ1n) is 7.52. The molecule has 1 aromatic carbocycles. The number of nitrogens with two attached hydrogens (primary N) is 1. The summed E-state index contributed by atoms with van der Waals surface area (Å²) in [5.41, 5.74) is 5.49. The van der Waals surface area contributed by atoms with Crippen molar-refractivity contribution in [2.75, 3.05) is 19.8 Å². The van der Waals surface area contributed by atoms with E-state index < -0.39 is 0 Å². The molecule has 0 bridgehead atoms. The molecule has 9 heteroatoms. The molecule has 1 aromatic heterocycles. The molecule has 3 N–H and O–H groups in total. The van der Waals surface area contributed by atoms with E-state index in [-0.39, 0.29) is 33.2 Å². The number of aliphatic hydroxyl groups is 1. The molecule has 24 heavy (non-hydrogen) atoms. The topological polar surface area (TPSA) is 93.1 Å². The molecule has 3 atom stereocenters. The van der Waals surface area contributed by atoms with E-state index in [2.05, 4.69) is 73.7 Å². The molecule has 1 fully saturated rings. The maximum Gasteiger partial charge on any atom is 0.185 e. The van der Waals surface area contributed by atoms with E-state index in [1.54, 1.807) is 0 Å². The van der Waals surface area contributed by atoms with Gasteiger partial charge >= 0.3 is 0 Å². The fraction of sp³-hybridized carbons (Fsp3) is 0.467. The molecule has 0 radical (unpaired) electrons. The van der Waals surface area contributed by atoms with Crippen LogP contribution in [-0.2, 0) is 26.5 Å². The Hall–Kier alpha value is -0.712. The van der Waals surface area contributed by atoms with Gasteiger partial charge in [0.15, 0.2) is 5.82 Å². The second-order valence-electron chi connectivity index (χ2n) is 5.68. The smallest absolute Gasteiger partial charge is 0.185 e. The number of piperidine rings is 1. The molecule has 0 amide bonds. The molecule has 0 spiro atoms. The quantitative estimate of drug-likeness (QED) is 0.344. The Morgan fingerprint density at radius 2 is 2.04 bits per heavy atom. The summed E-state index contributed by atoms with van der Waals surface area (Å²) in [7, 11) is 6.52. The number of nitrogens with zero attached hydrogens (tertiary/aromatic N) is 5. The number of aromatic nitrogens is 4. The van der Waals surface area contributed by atoms with Crippen LogP contribution in [0.3, 0.4) is 0 Å². The number of rotatable bonds is 2. The molecule has 132 valence electrons. The molecular formula is C15H24N6OPW-. The van der Waals surface area contributed by atoms with Crippen LogP contribution in [0.15, 0.2) is 30.3 Å². The third kappa shape index (κ3) is 4.47. The average molecular weight is 519 g/mol. The van der Waals surface area contributed by atoms with Crippen molar-refractivity contribution in [2.45, 2.75) is 18.8 Å². The van der Waals surface area contributed by atoms with Crippen molar-refractivity contribution in [3.63, 3.8) is 0 Å². The molecule has 1 aliphatic rings. The van der Waals surface area contributed by atoms with E-state index in [4.69, 9.17) is 5.11 Å². The van der Waals surface area contributed by atoms with Crippen LogP contribution in [0.25, 0.3) is 0 Å². The van der Waals surface area contributed by atoms with Crippen LogP contribution in [0.4, 0.5) is 0 Å². The first-order valence-corrected chi connectivity index (χ1v) is 8.03. The second-order valence-corrected chi connectivity index (χ2v) is 6.14. The Labute approximate surface area is 159 Å². The van der Waals surface area contributed by atoms with Crippen LogP contribution in [0.1, 0.15) is 24.7 Å². The Balaban J connectivity index is 0.000000671. The zero-order chi connectivity index (χ0) is 16.9. The van der Waals surface area contributed by atoms with Gasteiger partial charge in [-0.25, -0.2) is 0 Å². The molecular weight excluding hydrogens is 495 g/mol. The van der Waals surface area contributed by atoms with Crippen LogP contribution >= 0.6 is 9.39 Å². The maximum atomic E-state index is 7.35. The minimum Gasteiger partial charge on any atom is -0.459 e. The summed E-state index contributed by atoms with van der Waals surface area (Å²) in [6.45, 7) is 3.86. The molecule has 3 rings (SSSR count). The predicted molar refractivity (Wildman–Crippen MR) is 92.1 cm³/mol. The van der Waals surface area contributed by atoms with Gasteiger partial charge in [0.05, 0.1) is 12.1 Å². The van der Waals surface area contributed by atoms with Gasteiger partial charge in [0.1, 0.15) is 0 Å². The van der Waals surface area contributed by atoms with Crippen molar-refractivity contribution in [1.29, 1.82) is 0 Å². The van der Waals surface area contributed by atoms with E-state index >= 15 is 0 Å². The van der Waals surface area contributed by atoms with E-state index in [1.807, 2.05) is 6.07 Å². The van der Waals surface area contributed by atoms with Crippen LogP contribution < -0.4 is 5.73 Å². The molecule has 2 aromatic rings. The van der Waals surface area contributed by atoms with Gasteiger partial charge in [-0.1, -0.05) is 37.3 Å². The number of tetrazole rings is 1. The van der Waals surface area contributed by atoms with Crippen LogP contribution in [0.5, 0.6) is 0 Å². The number of hydrogen-bond acceptors (Lipinski definition) is 6. The largest absolute Gasteiger partial charge is 0.459 e. The number of aliphatic hydroxyl groups excluding tert-OH is 1. The summed E-state index contributed by atoms with van der Waals surface area (Å²) in [6, 6.07) is 10.5. The molecule has 2 heterocycles. The average Bonchev–Trinajstić information content (AvgIpc) is 2.96. The van der Waals surface area contributed by atoms with Gasteiger partial charge in [-0.05, 0) is 36.2 Å². The summed E-state index contributed by atoms with van der Waals surface area (Å²) in [5.74, 6) is 1.18. The molecule has 3 unspecified atom stereocenters. The van der Waals surface area contributed by atoms with E-state index in [0.717, 1.165) is 25.3 Å². The van der Waals surface area contributed by atoms with E-state index in [9.17, 15) is 0 Å². The van der Waals surface area contributed by atoms with Gasteiger partial charge in [0, 0.05) is 30.5 Å². The third-order valence-corrected chi connectivity index (χ3v) is 4.53. The Bertz CT molecular complexity index is 613. The fourth-order valence-corrected chi connectivity index (χ4v) is 3.41. The van der Waals surface area contributed by atoms with Gasteiger partial charge in [-0.3, -0.25) is 7.05 Å². The van der Waals surface area contributed by atoms with Gasteiger partial charge in [0.2, 0.25) is 0 Å². The van der Waals surface area contributed by atoms with Crippen molar-refractivity contribution >= 4 is 9.39 Å². The first-order chi connectivity index (χ1) is 11.0. The summed E-state index contributed by atoms with van der Waals surface area (Å²) in [5, 5.41) is 20.1. The van der Waals surface area contributed by atoms with Crippen LogP contribution in [0, 0.1) is 13.0 Å². The SMILES string of the molecule is NCO.[CH2-]N1CCC(c2ccccc2)(c2nnn(P)n2)C(C)C1.[W]. The van der Waals surface area contributed by atoms with E-state index in [0.29, 0.717) is 5.92 Å². The Kier molecular flexibility index (Phi) is 8.61. The molecule has 0 aliphatic carbocycles. The monoisotopic (exact) mass is 519 g/mol. The molecule has 0 saturated carbocycles. The predicted octanol–water partition coefficient (Wildman–Crippen LogP) is 0.623. The van der Waals surface area contributed by atoms with Gasteiger partial charge in [0.25, 0.3) is 0 Å². The Morgan fingerprint density at radius 3 is 2.54 bits per heavy atom. The second kappa shape index (κ2) is 9.69. The van der Waals surface area contributed by atoms with Crippen molar-refractivity contribution in [1.82, 2.24) is 24.9 Å². The number of likely N-dealkylation sites (tertiary alicyclic amines) is 1. The standard InChI is InChI=1S/C14H19N5P.CH5NO.W/c1-11-10-18(2)9-8-14(11,12-6-4-3-5-7-12)13-15-17-19(20)16-13;2-1-3;/h3-7,11H,2,8-10,20H2,1H3;3H,1-2H2;/q-1;;. The van der Waals surface area contributed by atoms with Gasteiger partial charge < -0.3 is 15.7 Å². The maximum absolute atomic E-state index is 7.35. The van der Waals surface area contributed by atoms with Crippen molar-refractivity contribution in [3.8, 4) is 0 Å². The summed E-state index contributed by atoms with van der Waals surface area (Å²) in [6.07, 6.45) is 0.956. The van der Waals surface area contributed by atoms with Crippen molar-refractivity contribution in [3.05, 3.63) is 48.8 Å². The zero-order valence-corrected chi connectivity index (χ0v) is 17.8. The van der Waals surface area contributed by atoms with Gasteiger partial charge in [-0.2, -0.15) is 4.57 Å². The normalized spacial score (nSPS) is 23.8. The summed E-state index contributed by atoms with van der Waals surface area (Å²) >= 11 is 0. The first kappa shape index (κ1) is 21.3. The van der Waals surface area contributed by atoms with Gasteiger partial charge in [-0.15, -0.1) is 10.2 Å². The number of benzene rings is 1. The molecule has 7 nitrogen and oxygen atoms in total. The molecule has 1 aliphatic heterocycles. The minimum absolute atomic E-state index is 0. The van der Waals surface area contributed by atoms with Crippen molar-refractivity contribution < 1.29 is 26.2 Å². The third-order valence-electron chi connectivity index (χ3n) is 4.31. The number of hydrogen-bond donors (Lipinski definition) is 2. The fourth-order valence-electron chi connectivity index (χ4n) is 3.24. The van der Waals surface area contributed by atoms with Crippen LogP contribution in [-0.4, -0.2) is 49.8 Å². The van der Waals surface area contributed by atoms with E-state index in [1.165, 1.54) is 10.1 Å². The summed E-state index contributed by atoms with van der Waals surface area (Å²) in [4.78, 5) is 2.12. The molecule has 1 saturated heterocycles. The Morgan fingerprint density at radius 1 is 1.42 bits per heavy atom. The van der Waals surface area contributed by atoms with Crippen LogP contribution in [0.2, 0.25) is 0 Å².